The van der Waals surface area contributed by atoms with Gasteiger partial charge in [0.1, 0.15) is 30.6 Å². The first-order chi connectivity index (χ1) is 13.1. The first-order valence-corrected chi connectivity index (χ1v) is 9.47. The molecule has 0 saturated carbocycles. The lowest BCUT2D eigenvalue weighted by atomic mass is 9.86. The lowest BCUT2D eigenvalue weighted by molar-refractivity contribution is -0.101. The van der Waals surface area contributed by atoms with Crippen LogP contribution in [0.1, 0.15) is 12.5 Å². The molecule has 0 radical (unpaired) electrons. The summed E-state index contributed by atoms with van der Waals surface area (Å²) in [6.07, 6.45) is 7.40. The van der Waals surface area contributed by atoms with Gasteiger partial charge in [-0.05, 0) is 17.7 Å². The predicted octanol–water partition coefficient (Wildman–Crippen LogP) is 3.20. The molecule has 142 valence electrons. The quantitative estimate of drug-likeness (QED) is 0.811. The normalized spacial score (nSPS) is 25.4. The summed E-state index contributed by atoms with van der Waals surface area (Å²) in [4.78, 5) is 8.60. The molecule has 7 heteroatoms. The van der Waals surface area contributed by atoms with Crippen molar-refractivity contribution in [1.82, 2.24) is 9.97 Å². The van der Waals surface area contributed by atoms with Crippen LogP contribution in [0.4, 0.5) is 5.82 Å². The minimum Gasteiger partial charge on any atom is -0.490 e. The van der Waals surface area contributed by atoms with Gasteiger partial charge in [0.25, 0.3) is 0 Å². The number of hydrogen-bond donors (Lipinski definition) is 1. The van der Waals surface area contributed by atoms with Crippen LogP contribution in [-0.4, -0.2) is 47.9 Å². The molecule has 0 bridgehead atoms. The molecule has 3 atom stereocenters. The van der Waals surface area contributed by atoms with Crippen LogP contribution < -0.4 is 10.5 Å². The maximum atomic E-state index is 6.48. The molecule has 2 heterocycles. The van der Waals surface area contributed by atoms with Crippen LogP contribution in [0, 0.1) is 5.92 Å². The SMILES string of the molecule is CC1C(c2c(OC[C@@H]3COCCO3)ccc3c(N)ncnc23)=CC=CC1Cl. The molecule has 2 aliphatic rings. The molecular formula is C20H22ClN3O3. The molecule has 2 unspecified atom stereocenters. The number of alkyl halides is 1. The Morgan fingerprint density at radius 2 is 2.19 bits per heavy atom. The Balaban J connectivity index is 1.76. The summed E-state index contributed by atoms with van der Waals surface area (Å²) in [6, 6.07) is 3.81. The first kappa shape index (κ1) is 18.2. The molecule has 6 nitrogen and oxygen atoms in total. The lowest BCUT2D eigenvalue weighted by Gasteiger charge is -2.26. The number of benzene rings is 1. The topological polar surface area (TPSA) is 79.5 Å². The van der Waals surface area contributed by atoms with Gasteiger partial charge < -0.3 is 19.9 Å². The van der Waals surface area contributed by atoms with E-state index in [4.69, 9.17) is 31.5 Å². The van der Waals surface area contributed by atoms with Crippen LogP contribution in [-0.2, 0) is 9.47 Å². The van der Waals surface area contributed by atoms with Crippen molar-refractivity contribution in [1.29, 1.82) is 0 Å². The van der Waals surface area contributed by atoms with Crippen molar-refractivity contribution in [3.05, 3.63) is 42.3 Å². The van der Waals surface area contributed by atoms with Crippen LogP contribution in [0.5, 0.6) is 5.75 Å². The number of nitrogen functional groups attached to an aromatic ring is 1. The van der Waals surface area contributed by atoms with Gasteiger partial charge in [0.05, 0.1) is 30.7 Å². The summed E-state index contributed by atoms with van der Waals surface area (Å²) in [7, 11) is 0. The van der Waals surface area contributed by atoms with Gasteiger partial charge in [-0.25, -0.2) is 9.97 Å². The minimum atomic E-state index is -0.0950. The first-order valence-electron chi connectivity index (χ1n) is 9.03. The number of fused-ring (bicyclic) bond motifs is 1. The molecule has 1 aliphatic heterocycles. The second-order valence-corrected chi connectivity index (χ2v) is 7.22. The minimum absolute atomic E-state index is 0.0869. The zero-order valence-corrected chi connectivity index (χ0v) is 15.9. The summed E-state index contributed by atoms with van der Waals surface area (Å²) >= 11 is 6.48. The van der Waals surface area contributed by atoms with E-state index in [-0.39, 0.29) is 17.4 Å². The summed E-state index contributed by atoms with van der Waals surface area (Å²) in [5, 5.41) is 0.702. The van der Waals surface area contributed by atoms with Gasteiger partial charge in [-0.3, -0.25) is 0 Å². The Hall–Kier alpha value is -2.15. The fraction of sp³-hybridized carbons (Fsp3) is 0.400. The number of nitrogens with two attached hydrogens (primary N) is 1. The Bertz CT molecular complexity index is 893. The van der Waals surface area contributed by atoms with E-state index >= 15 is 0 Å². The summed E-state index contributed by atoms with van der Waals surface area (Å²) in [5.74, 6) is 1.28. The van der Waals surface area contributed by atoms with E-state index in [9.17, 15) is 0 Å². The third-order valence-electron chi connectivity index (χ3n) is 4.94. The molecule has 0 spiro atoms. The standard InChI is InChI=1S/C20H22ClN3O3/c1-12-14(3-2-4-16(12)21)18-17(27-10-13-9-25-7-8-26-13)6-5-15-19(18)23-11-24-20(15)22/h2-6,11-13,16H,7-10H2,1H3,(H2,22,23,24)/t12?,13-,16?/m0/s1. The van der Waals surface area contributed by atoms with Crippen molar-refractivity contribution < 1.29 is 14.2 Å². The average Bonchev–Trinajstić information content (AvgIpc) is 2.69. The third kappa shape index (κ3) is 3.65. The molecule has 1 aromatic carbocycles. The molecular weight excluding hydrogens is 366 g/mol. The summed E-state index contributed by atoms with van der Waals surface area (Å²) in [6.45, 7) is 4.24. The molecule has 1 fully saturated rings. The highest BCUT2D eigenvalue weighted by Crippen LogP contribution is 2.41. The number of hydrogen-bond acceptors (Lipinski definition) is 6. The molecule has 1 aromatic heterocycles. The fourth-order valence-electron chi connectivity index (χ4n) is 3.41. The lowest BCUT2D eigenvalue weighted by Crippen LogP contribution is -2.33. The van der Waals surface area contributed by atoms with Gasteiger partial charge in [-0.2, -0.15) is 0 Å². The van der Waals surface area contributed by atoms with Crippen molar-refractivity contribution >= 4 is 33.9 Å². The maximum Gasteiger partial charge on any atom is 0.134 e. The van der Waals surface area contributed by atoms with Crippen LogP contribution >= 0.6 is 11.6 Å². The Labute approximate surface area is 163 Å². The van der Waals surface area contributed by atoms with Crippen molar-refractivity contribution in [3.8, 4) is 5.75 Å². The summed E-state index contributed by atoms with van der Waals surface area (Å²) in [5.41, 5.74) is 8.80. The van der Waals surface area contributed by atoms with E-state index in [0.29, 0.717) is 32.2 Å². The zero-order valence-electron chi connectivity index (χ0n) is 15.1. The van der Waals surface area contributed by atoms with Gasteiger partial charge in [0.15, 0.2) is 0 Å². The van der Waals surface area contributed by atoms with E-state index in [1.807, 2.05) is 24.3 Å². The van der Waals surface area contributed by atoms with Crippen molar-refractivity contribution in [2.75, 3.05) is 32.2 Å². The maximum absolute atomic E-state index is 6.48. The van der Waals surface area contributed by atoms with E-state index < -0.39 is 0 Å². The van der Waals surface area contributed by atoms with Crippen LogP contribution in [0.2, 0.25) is 0 Å². The second kappa shape index (κ2) is 7.84. The predicted molar refractivity (Wildman–Crippen MR) is 106 cm³/mol. The molecule has 4 rings (SSSR count). The van der Waals surface area contributed by atoms with Crippen molar-refractivity contribution in [2.24, 2.45) is 5.92 Å². The van der Waals surface area contributed by atoms with E-state index in [1.165, 1.54) is 6.33 Å². The smallest absolute Gasteiger partial charge is 0.134 e. The highest BCUT2D eigenvalue weighted by Gasteiger charge is 2.26. The Kier molecular flexibility index (Phi) is 5.29. The van der Waals surface area contributed by atoms with Gasteiger partial charge in [-0.15, -0.1) is 11.6 Å². The van der Waals surface area contributed by atoms with Crippen LogP contribution in [0.25, 0.3) is 16.5 Å². The van der Waals surface area contributed by atoms with Gasteiger partial charge in [0, 0.05) is 16.9 Å². The number of rotatable bonds is 4. The van der Waals surface area contributed by atoms with Crippen LogP contribution in [0.3, 0.4) is 0 Å². The zero-order chi connectivity index (χ0) is 18.8. The average molecular weight is 388 g/mol. The highest BCUT2D eigenvalue weighted by molar-refractivity contribution is 6.23. The Morgan fingerprint density at radius 3 is 3.00 bits per heavy atom. The number of anilines is 1. The van der Waals surface area contributed by atoms with Gasteiger partial charge in [0.2, 0.25) is 0 Å². The number of halogens is 1. The molecule has 27 heavy (non-hydrogen) atoms. The molecule has 0 amide bonds. The largest absolute Gasteiger partial charge is 0.490 e. The molecule has 1 aliphatic carbocycles. The molecule has 2 N–H and O–H groups in total. The number of ether oxygens (including phenoxy) is 3. The Morgan fingerprint density at radius 1 is 1.30 bits per heavy atom. The highest BCUT2D eigenvalue weighted by atomic mass is 35.5. The summed E-state index contributed by atoms with van der Waals surface area (Å²) < 4.78 is 17.3. The monoisotopic (exact) mass is 387 g/mol. The fourth-order valence-corrected chi connectivity index (χ4v) is 3.63. The molecule has 2 aromatic rings. The molecule has 1 saturated heterocycles. The van der Waals surface area contributed by atoms with Crippen molar-refractivity contribution in [3.63, 3.8) is 0 Å². The van der Waals surface area contributed by atoms with Gasteiger partial charge in [-0.1, -0.05) is 25.2 Å². The van der Waals surface area contributed by atoms with Crippen LogP contribution in [0.15, 0.2) is 36.7 Å². The van der Waals surface area contributed by atoms with E-state index in [2.05, 4.69) is 23.0 Å². The van der Waals surface area contributed by atoms with Gasteiger partial charge >= 0.3 is 0 Å². The number of allylic oxidation sites excluding steroid dienone is 4. The van der Waals surface area contributed by atoms with Crippen molar-refractivity contribution in [2.45, 2.75) is 18.4 Å². The van der Waals surface area contributed by atoms with E-state index in [1.54, 1.807) is 0 Å². The third-order valence-corrected chi connectivity index (χ3v) is 5.46. The number of aromatic nitrogens is 2. The second-order valence-electron chi connectivity index (χ2n) is 6.71. The number of nitrogens with zero attached hydrogens (tertiary/aromatic N) is 2. The van der Waals surface area contributed by atoms with E-state index in [0.717, 1.165) is 27.8 Å².